The third-order valence-electron chi connectivity index (χ3n) is 2.27. The van der Waals surface area contributed by atoms with Crippen LogP contribution in [0.1, 0.15) is 31.7 Å². The molecule has 0 unspecified atom stereocenters. The average Bonchev–Trinajstić information content (AvgIpc) is 2.23. The van der Waals surface area contributed by atoms with Crippen LogP contribution in [0.25, 0.3) is 0 Å². The lowest BCUT2D eigenvalue weighted by Crippen LogP contribution is -2.14. The number of hydrogen-bond donors (Lipinski definition) is 1. The number of unbranched alkanes of at least 4 members (excludes halogenated alkanes) is 2. The standard InChI is InChI=1S/C12H17BrClN/c1-2-3-4-7-15-9-10-5-6-12(14)11(13)8-10/h5-6,8,15H,2-4,7,9H2,1H3. The second kappa shape index (κ2) is 7.26. The molecule has 1 aromatic rings. The van der Waals surface area contributed by atoms with Crippen LogP contribution in [0.15, 0.2) is 22.7 Å². The highest BCUT2D eigenvalue weighted by molar-refractivity contribution is 9.10. The molecular weight excluding hydrogens is 273 g/mol. The van der Waals surface area contributed by atoms with Crippen molar-refractivity contribution in [3.05, 3.63) is 33.3 Å². The molecule has 0 fully saturated rings. The molecule has 15 heavy (non-hydrogen) atoms. The third-order valence-corrected chi connectivity index (χ3v) is 3.48. The predicted octanol–water partition coefficient (Wildman–Crippen LogP) is 4.38. The molecule has 1 aromatic carbocycles. The van der Waals surface area contributed by atoms with E-state index in [0.29, 0.717) is 0 Å². The summed E-state index contributed by atoms with van der Waals surface area (Å²) < 4.78 is 0.969. The summed E-state index contributed by atoms with van der Waals surface area (Å²) in [5.41, 5.74) is 1.27. The van der Waals surface area contributed by atoms with Gasteiger partial charge in [0.25, 0.3) is 0 Å². The van der Waals surface area contributed by atoms with Gasteiger partial charge in [-0.3, -0.25) is 0 Å². The van der Waals surface area contributed by atoms with Crippen molar-refractivity contribution in [2.75, 3.05) is 6.54 Å². The molecule has 0 aromatic heterocycles. The molecular formula is C12H17BrClN. The Balaban J connectivity index is 2.28. The highest BCUT2D eigenvalue weighted by atomic mass is 79.9. The molecule has 0 aliphatic heterocycles. The van der Waals surface area contributed by atoms with Gasteiger partial charge in [0.05, 0.1) is 5.02 Å². The average molecular weight is 291 g/mol. The van der Waals surface area contributed by atoms with E-state index in [0.717, 1.165) is 22.6 Å². The summed E-state index contributed by atoms with van der Waals surface area (Å²) in [6.45, 7) is 4.23. The zero-order valence-electron chi connectivity index (χ0n) is 9.02. The van der Waals surface area contributed by atoms with Gasteiger partial charge in [0, 0.05) is 11.0 Å². The first-order valence-electron chi connectivity index (χ1n) is 5.38. The van der Waals surface area contributed by atoms with E-state index in [1.54, 1.807) is 0 Å². The summed E-state index contributed by atoms with van der Waals surface area (Å²) in [7, 11) is 0. The molecule has 0 heterocycles. The Bertz CT molecular complexity index is 302. The van der Waals surface area contributed by atoms with Gasteiger partial charge in [-0.25, -0.2) is 0 Å². The molecule has 0 amide bonds. The number of halogens is 2. The second-order valence-corrected chi connectivity index (χ2v) is 4.89. The molecule has 0 aliphatic carbocycles. The van der Waals surface area contributed by atoms with E-state index in [1.807, 2.05) is 6.07 Å². The van der Waals surface area contributed by atoms with Crippen molar-refractivity contribution in [1.82, 2.24) is 5.32 Å². The summed E-state index contributed by atoms with van der Waals surface area (Å²) in [6.07, 6.45) is 3.83. The topological polar surface area (TPSA) is 12.0 Å². The first kappa shape index (κ1) is 13.0. The number of benzene rings is 1. The zero-order chi connectivity index (χ0) is 11.1. The molecule has 0 radical (unpaired) electrons. The lowest BCUT2D eigenvalue weighted by molar-refractivity contribution is 0.617. The first-order chi connectivity index (χ1) is 7.24. The first-order valence-corrected chi connectivity index (χ1v) is 6.55. The lowest BCUT2D eigenvalue weighted by atomic mass is 10.2. The van der Waals surface area contributed by atoms with E-state index in [1.165, 1.54) is 24.8 Å². The van der Waals surface area contributed by atoms with Crippen LogP contribution in [0.4, 0.5) is 0 Å². The van der Waals surface area contributed by atoms with Crippen LogP contribution in [-0.2, 0) is 6.54 Å². The maximum absolute atomic E-state index is 5.92. The van der Waals surface area contributed by atoms with Crippen molar-refractivity contribution in [2.45, 2.75) is 32.7 Å². The van der Waals surface area contributed by atoms with Gasteiger partial charge in [0.2, 0.25) is 0 Å². The summed E-state index contributed by atoms with van der Waals surface area (Å²) in [6, 6.07) is 6.05. The van der Waals surface area contributed by atoms with E-state index in [4.69, 9.17) is 11.6 Å². The maximum atomic E-state index is 5.92. The van der Waals surface area contributed by atoms with Crippen LogP contribution >= 0.6 is 27.5 Å². The Hall–Kier alpha value is -0.0500. The lowest BCUT2D eigenvalue weighted by Gasteiger charge is -2.05. The molecule has 0 spiro atoms. The van der Waals surface area contributed by atoms with Gasteiger partial charge in [0.1, 0.15) is 0 Å². The molecule has 0 atom stereocenters. The van der Waals surface area contributed by atoms with Crippen molar-refractivity contribution < 1.29 is 0 Å². The van der Waals surface area contributed by atoms with E-state index in [2.05, 4.69) is 40.3 Å². The van der Waals surface area contributed by atoms with Gasteiger partial charge < -0.3 is 5.32 Å². The molecule has 1 N–H and O–H groups in total. The Labute approximate surface area is 105 Å². The van der Waals surface area contributed by atoms with E-state index >= 15 is 0 Å². The number of rotatable bonds is 6. The summed E-state index contributed by atoms with van der Waals surface area (Å²) in [4.78, 5) is 0. The molecule has 0 saturated heterocycles. The van der Waals surface area contributed by atoms with Crippen LogP contribution in [0, 0.1) is 0 Å². The maximum Gasteiger partial charge on any atom is 0.0548 e. The van der Waals surface area contributed by atoms with Gasteiger partial charge in [-0.15, -0.1) is 0 Å². The second-order valence-electron chi connectivity index (χ2n) is 3.63. The zero-order valence-corrected chi connectivity index (χ0v) is 11.4. The van der Waals surface area contributed by atoms with Gasteiger partial charge in [-0.05, 0) is 46.6 Å². The fraction of sp³-hybridized carbons (Fsp3) is 0.500. The Morgan fingerprint density at radius 2 is 2.13 bits per heavy atom. The van der Waals surface area contributed by atoms with Crippen LogP contribution < -0.4 is 5.32 Å². The van der Waals surface area contributed by atoms with Crippen molar-refractivity contribution in [1.29, 1.82) is 0 Å². The third kappa shape index (κ3) is 5.01. The van der Waals surface area contributed by atoms with Crippen LogP contribution in [0.5, 0.6) is 0 Å². The molecule has 1 nitrogen and oxygen atoms in total. The van der Waals surface area contributed by atoms with Crippen LogP contribution in [0.2, 0.25) is 5.02 Å². The minimum Gasteiger partial charge on any atom is -0.313 e. The monoisotopic (exact) mass is 289 g/mol. The van der Waals surface area contributed by atoms with Gasteiger partial charge in [0.15, 0.2) is 0 Å². The fourth-order valence-electron chi connectivity index (χ4n) is 1.38. The van der Waals surface area contributed by atoms with Crippen molar-refractivity contribution in [3.8, 4) is 0 Å². The summed E-state index contributed by atoms with van der Waals surface area (Å²) >= 11 is 9.34. The highest BCUT2D eigenvalue weighted by Gasteiger charge is 1.98. The minimum absolute atomic E-state index is 0.768. The molecule has 84 valence electrons. The Morgan fingerprint density at radius 1 is 1.33 bits per heavy atom. The number of hydrogen-bond acceptors (Lipinski definition) is 1. The van der Waals surface area contributed by atoms with Gasteiger partial charge in [-0.2, -0.15) is 0 Å². The van der Waals surface area contributed by atoms with E-state index < -0.39 is 0 Å². The molecule has 0 bridgehead atoms. The van der Waals surface area contributed by atoms with Gasteiger partial charge in [-0.1, -0.05) is 37.4 Å². The normalized spacial score (nSPS) is 10.6. The van der Waals surface area contributed by atoms with Crippen molar-refractivity contribution >= 4 is 27.5 Å². The largest absolute Gasteiger partial charge is 0.313 e. The smallest absolute Gasteiger partial charge is 0.0548 e. The van der Waals surface area contributed by atoms with Crippen LogP contribution in [-0.4, -0.2) is 6.54 Å². The molecule has 0 aliphatic rings. The quantitative estimate of drug-likeness (QED) is 0.767. The molecule has 1 rings (SSSR count). The van der Waals surface area contributed by atoms with Crippen molar-refractivity contribution in [3.63, 3.8) is 0 Å². The summed E-state index contributed by atoms with van der Waals surface area (Å²) in [5, 5.41) is 4.19. The number of nitrogens with one attached hydrogen (secondary N) is 1. The van der Waals surface area contributed by atoms with E-state index in [9.17, 15) is 0 Å². The molecule has 0 saturated carbocycles. The van der Waals surface area contributed by atoms with E-state index in [-0.39, 0.29) is 0 Å². The SMILES string of the molecule is CCCCCNCc1ccc(Cl)c(Br)c1. The highest BCUT2D eigenvalue weighted by Crippen LogP contribution is 2.22. The van der Waals surface area contributed by atoms with Crippen molar-refractivity contribution in [2.24, 2.45) is 0 Å². The minimum atomic E-state index is 0.768. The van der Waals surface area contributed by atoms with Crippen LogP contribution in [0.3, 0.4) is 0 Å². The summed E-state index contributed by atoms with van der Waals surface area (Å²) in [5.74, 6) is 0. The molecule has 3 heteroatoms. The Kier molecular flexibility index (Phi) is 6.30. The van der Waals surface area contributed by atoms with Gasteiger partial charge >= 0.3 is 0 Å². The fourth-order valence-corrected chi connectivity index (χ4v) is 1.93. The predicted molar refractivity (Wildman–Crippen MR) is 70.4 cm³/mol. The Morgan fingerprint density at radius 3 is 2.80 bits per heavy atom.